The maximum absolute atomic E-state index is 13.9. The average Bonchev–Trinajstić information content (AvgIpc) is 2.94. The summed E-state index contributed by atoms with van der Waals surface area (Å²) in [4.78, 5) is 66.5. The Hall–Kier alpha value is -4.84. The van der Waals surface area contributed by atoms with E-state index in [0.717, 1.165) is 26.3 Å². The molecule has 1 aliphatic heterocycles. The van der Waals surface area contributed by atoms with E-state index in [0.29, 0.717) is 16.6 Å². The fourth-order valence-corrected chi connectivity index (χ4v) is 4.67. The average molecular weight is 579 g/mol. The van der Waals surface area contributed by atoms with Crippen LogP contribution in [0.25, 0.3) is 22.2 Å². The summed E-state index contributed by atoms with van der Waals surface area (Å²) in [5, 5.41) is 3.29. The summed E-state index contributed by atoms with van der Waals surface area (Å²) in [5.74, 6) is -3.57. The molecule has 0 spiro atoms. The number of esters is 4. The Balaban J connectivity index is 1.78. The highest BCUT2D eigenvalue weighted by molar-refractivity contribution is 6.07. The molecule has 1 fully saturated rings. The second-order valence-electron chi connectivity index (χ2n) is 9.54. The highest BCUT2D eigenvalue weighted by atomic mass is 16.7. The van der Waals surface area contributed by atoms with E-state index < -0.39 is 67.0 Å². The van der Waals surface area contributed by atoms with Gasteiger partial charge in [0, 0.05) is 38.6 Å². The quantitative estimate of drug-likeness (QED) is 0.310. The van der Waals surface area contributed by atoms with E-state index in [9.17, 15) is 24.0 Å². The van der Waals surface area contributed by atoms with Gasteiger partial charge < -0.3 is 29.0 Å². The van der Waals surface area contributed by atoms with Gasteiger partial charge in [0.25, 0.3) is 5.91 Å². The van der Waals surface area contributed by atoms with Crippen LogP contribution < -0.4 is 5.32 Å². The Morgan fingerprint density at radius 2 is 1.40 bits per heavy atom. The number of benzene rings is 2. The van der Waals surface area contributed by atoms with Crippen molar-refractivity contribution in [2.24, 2.45) is 0 Å². The van der Waals surface area contributed by atoms with Gasteiger partial charge in [-0.05, 0) is 12.1 Å². The number of amides is 1. The predicted octanol–water partition coefficient (Wildman–Crippen LogP) is 2.71. The number of aromatic nitrogens is 1. The number of nitrogens with zero attached hydrogens (tertiary/aromatic N) is 1. The van der Waals surface area contributed by atoms with E-state index in [4.69, 9.17) is 28.7 Å². The Morgan fingerprint density at radius 1 is 0.786 bits per heavy atom. The molecule has 0 radical (unpaired) electrons. The van der Waals surface area contributed by atoms with Gasteiger partial charge in [0.2, 0.25) is 6.29 Å². The minimum atomic E-state index is -1.51. The van der Waals surface area contributed by atoms with Crippen LogP contribution in [-0.4, -0.2) is 72.0 Å². The molecule has 3 aromatic rings. The van der Waals surface area contributed by atoms with E-state index in [2.05, 4.69) is 5.32 Å². The maximum Gasteiger partial charge on any atom is 0.305 e. The molecular formula is C30H30N2O10. The summed E-state index contributed by atoms with van der Waals surface area (Å²) in [7, 11) is 0. The second kappa shape index (κ2) is 13.2. The Morgan fingerprint density at radius 3 is 2.05 bits per heavy atom. The highest BCUT2D eigenvalue weighted by Gasteiger charge is 2.52. The van der Waals surface area contributed by atoms with Gasteiger partial charge in [0.1, 0.15) is 18.8 Å². The molecular weight excluding hydrogens is 548 g/mol. The number of rotatable bonds is 8. The maximum atomic E-state index is 13.9. The summed E-state index contributed by atoms with van der Waals surface area (Å²) in [6.45, 7) is 4.14. The number of para-hydroxylation sites is 1. The molecule has 12 heteroatoms. The summed E-state index contributed by atoms with van der Waals surface area (Å²) in [6.07, 6.45) is -5.44. The number of pyridine rings is 1. The number of ether oxygens (including phenoxy) is 5. The molecule has 4 rings (SSSR count). The second-order valence-corrected chi connectivity index (χ2v) is 9.54. The van der Waals surface area contributed by atoms with Crippen LogP contribution in [0.15, 0.2) is 60.7 Å². The third-order valence-electron chi connectivity index (χ3n) is 6.31. The van der Waals surface area contributed by atoms with Crippen molar-refractivity contribution in [1.82, 2.24) is 10.3 Å². The first-order valence-corrected chi connectivity index (χ1v) is 13.1. The molecule has 12 nitrogen and oxygen atoms in total. The Bertz CT molecular complexity index is 1490. The topological polar surface area (TPSA) is 156 Å². The van der Waals surface area contributed by atoms with Gasteiger partial charge in [-0.25, -0.2) is 4.98 Å². The van der Waals surface area contributed by atoms with Crippen LogP contribution in [0.2, 0.25) is 0 Å². The third-order valence-corrected chi connectivity index (χ3v) is 6.31. The monoisotopic (exact) mass is 578 g/mol. The highest BCUT2D eigenvalue weighted by Crippen LogP contribution is 2.30. The smallest absolute Gasteiger partial charge is 0.305 e. The van der Waals surface area contributed by atoms with Crippen LogP contribution in [0.5, 0.6) is 0 Å². The standard InChI is InChI=1S/C30H30N2O10/c1-16(33)38-15-25-27(39-17(2)34)28(40-18(3)35)26(30(42-25)41-19(4)36)32-29(37)22-14-24(20-10-6-5-7-11-20)31-23-13-9-8-12-21(22)23/h5-14,25-28,30H,15H2,1-4H3,(H,32,37)/t25-,26+,27-,28-,30-/m0/s1. The molecule has 1 N–H and O–H groups in total. The lowest BCUT2D eigenvalue weighted by Gasteiger charge is -2.44. The molecule has 5 atom stereocenters. The molecule has 42 heavy (non-hydrogen) atoms. The molecule has 2 aromatic carbocycles. The molecule has 220 valence electrons. The number of nitrogens with one attached hydrogen (secondary N) is 1. The lowest BCUT2D eigenvalue weighted by molar-refractivity contribution is -0.270. The molecule has 0 saturated carbocycles. The zero-order chi connectivity index (χ0) is 30.4. The van der Waals surface area contributed by atoms with E-state index in [-0.39, 0.29) is 5.56 Å². The summed E-state index contributed by atoms with van der Waals surface area (Å²) < 4.78 is 27.3. The SMILES string of the molecule is CC(=O)OC[C@@H]1O[C@H](OC(C)=O)[C@H](NC(=O)c2cc(-c3ccccc3)nc3ccccc23)[C@H](OC(C)=O)[C@H]1OC(C)=O. The fourth-order valence-electron chi connectivity index (χ4n) is 4.67. The van der Waals surface area contributed by atoms with Crippen LogP contribution >= 0.6 is 0 Å². The molecule has 1 amide bonds. The number of hydrogen-bond donors (Lipinski definition) is 1. The Labute approximate surface area is 241 Å². The number of hydrogen-bond acceptors (Lipinski definition) is 11. The van der Waals surface area contributed by atoms with Gasteiger partial charge in [0.05, 0.1) is 16.8 Å². The van der Waals surface area contributed by atoms with Crippen molar-refractivity contribution in [2.75, 3.05) is 6.61 Å². The van der Waals surface area contributed by atoms with E-state index in [1.54, 1.807) is 30.3 Å². The van der Waals surface area contributed by atoms with Crippen molar-refractivity contribution < 1.29 is 47.7 Å². The summed E-state index contributed by atoms with van der Waals surface area (Å²) >= 11 is 0. The molecule has 2 heterocycles. The largest absolute Gasteiger partial charge is 0.463 e. The first-order valence-electron chi connectivity index (χ1n) is 13.1. The lowest BCUT2D eigenvalue weighted by atomic mass is 9.95. The molecule has 1 aliphatic rings. The number of carbonyl (C=O) groups is 5. The van der Waals surface area contributed by atoms with E-state index in [1.165, 1.54) is 6.92 Å². The van der Waals surface area contributed by atoms with Gasteiger partial charge in [0.15, 0.2) is 12.2 Å². The van der Waals surface area contributed by atoms with Gasteiger partial charge in [-0.15, -0.1) is 0 Å². The van der Waals surface area contributed by atoms with Crippen LogP contribution in [0.3, 0.4) is 0 Å². The zero-order valence-corrected chi connectivity index (χ0v) is 23.4. The Kier molecular flexibility index (Phi) is 9.48. The van der Waals surface area contributed by atoms with Crippen molar-refractivity contribution in [3.05, 3.63) is 66.2 Å². The molecule has 1 aromatic heterocycles. The van der Waals surface area contributed by atoms with Crippen LogP contribution in [0, 0.1) is 0 Å². The number of carbonyl (C=O) groups excluding carboxylic acids is 5. The molecule has 0 bridgehead atoms. The van der Waals surface area contributed by atoms with Crippen molar-refractivity contribution >= 4 is 40.7 Å². The minimum Gasteiger partial charge on any atom is -0.463 e. The van der Waals surface area contributed by atoms with Crippen molar-refractivity contribution in [1.29, 1.82) is 0 Å². The van der Waals surface area contributed by atoms with Crippen LogP contribution in [-0.2, 0) is 42.9 Å². The lowest BCUT2D eigenvalue weighted by Crippen LogP contribution is -2.67. The van der Waals surface area contributed by atoms with E-state index >= 15 is 0 Å². The van der Waals surface area contributed by atoms with Gasteiger partial charge >= 0.3 is 23.9 Å². The summed E-state index contributed by atoms with van der Waals surface area (Å²) in [6, 6.07) is 16.6. The fraction of sp³-hybridized carbons (Fsp3) is 0.333. The first-order chi connectivity index (χ1) is 20.0. The van der Waals surface area contributed by atoms with Gasteiger partial charge in [-0.3, -0.25) is 24.0 Å². The summed E-state index contributed by atoms with van der Waals surface area (Å²) in [5.41, 5.74) is 2.09. The van der Waals surface area contributed by atoms with Gasteiger partial charge in [-0.2, -0.15) is 0 Å². The van der Waals surface area contributed by atoms with Gasteiger partial charge in [-0.1, -0.05) is 48.5 Å². The normalized spacial score (nSPS) is 21.6. The van der Waals surface area contributed by atoms with Crippen molar-refractivity contribution in [2.45, 2.75) is 58.3 Å². The van der Waals surface area contributed by atoms with Crippen molar-refractivity contribution in [3.8, 4) is 11.3 Å². The molecule has 0 unspecified atom stereocenters. The minimum absolute atomic E-state index is 0.230. The van der Waals surface area contributed by atoms with Crippen molar-refractivity contribution in [3.63, 3.8) is 0 Å². The first kappa shape index (κ1) is 30.1. The van der Waals surface area contributed by atoms with E-state index in [1.807, 2.05) is 30.3 Å². The third kappa shape index (κ3) is 7.26. The molecule has 1 saturated heterocycles. The van der Waals surface area contributed by atoms with Crippen LogP contribution in [0.1, 0.15) is 38.1 Å². The van der Waals surface area contributed by atoms with Crippen LogP contribution in [0.4, 0.5) is 0 Å². The zero-order valence-electron chi connectivity index (χ0n) is 23.4. The predicted molar refractivity (Wildman–Crippen MR) is 147 cm³/mol. The molecule has 0 aliphatic carbocycles. The number of fused-ring (bicyclic) bond motifs is 1.